The average Bonchev–Trinajstić information content (AvgIpc) is 3.42. The maximum absolute atomic E-state index is 13.5. The average molecular weight is 471 g/mol. The number of rotatable bonds is 6. The highest BCUT2D eigenvalue weighted by Gasteiger charge is 2.33. The Kier molecular flexibility index (Phi) is 6.29. The Morgan fingerprint density at radius 1 is 1.25 bits per heavy atom. The smallest absolute Gasteiger partial charge is 0.338 e. The minimum atomic E-state index is -0.579. The molecular weight excluding hydrogens is 448 g/mol. The maximum atomic E-state index is 13.5. The molecule has 32 heavy (non-hydrogen) atoms. The molecule has 1 atom stereocenters. The van der Waals surface area contributed by atoms with Crippen LogP contribution in [-0.4, -0.2) is 31.4 Å². The highest BCUT2D eigenvalue weighted by atomic mass is 32.1. The number of carbonyl (C=O) groups excluding carboxylic acids is 1. The van der Waals surface area contributed by atoms with Crippen LogP contribution in [0.3, 0.4) is 0 Å². The lowest BCUT2D eigenvalue weighted by atomic mass is 10.0. The van der Waals surface area contributed by atoms with Crippen molar-refractivity contribution in [1.82, 2.24) is 4.57 Å². The van der Waals surface area contributed by atoms with E-state index in [0.29, 0.717) is 32.1 Å². The van der Waals surface area contributed by atoms with E-state index >= 15 is 0 Å². The number of fused-ring (bicyclic) bond motifs is 1. The first-order valence-electron chi connectivity index (χ1n) is 9.93. The van der Waals surface area contributed by atoms with Crippen molar-refractivity contribution in [3.05, 3.63) is 77.1 Å². The van der Waals surface area contributed by atoms with Gasteiger partial charge < -0.3 is 14.2 Å². The van der Waals surface area contributed by atoms with Crippen LogP contribution in [0.15, 0.2) is 56.8 Å². The number of thiazole rings is 1. The first kappa shape index (κ1) is 22.0. The van der Waals surface area contributed by atoms with Gasteiger partial charge in [0.1, 0.15) is 17.5 Å². The molecule has 9 heteroatoms. The second kappa shape index (κ2) is 9.13. The van der Waals surface area contributed by atoms with Crippen LogP contribution >= 0.6 is 22.7 Å². The highest BCUT2D eigenvalue weighted by molar-refractivity contribution is 7.10. The van der Waals surface area contributed by atoms with Gasteiger partial charge in [-0.2, -0.15) is 0 Å². The quantitative estimate of drug-likeness (QED) is 0.518. The maximum Gasteiger partial charge on any atom is 0.338 e. The molecule has 0 saturated heterocycles. The minimum Gasteiger partial charge on any atom is -0.497 e. The zero-order valence-electron chi connectivity index (χ0n) is 18.1. The Morgan fingerprint density at radius 3 is 2.72 bits per heavy atom. The summed E-state index contributed by atoms with van der Waals surface area (Å²) in [5.41, 5.74) is 1.46. The summed E-state index contributed by atoms with van der Waals surface area (Å²) in [5.74, 6) is 0.791. The van der Waals surface area contributed by atoms with Gasteiger partial charge >= 0.3 is 5.97 Å². The molecule has 3 heterocycles. The van der Waals surface area contributed by atoms with Crippen molar-refractivity contribution in [1.29, 1.82) is 0 Å². The van der Waals surface area contributed by atoms with Gasteiger partial charge in [-0.25, -0.2) is 9.79 Å². The molecule has 0 aliphatic carbocycles. The second-order valence-corrected chi connectivity index (χ2v) is 8.91. The summed E-state index contributed by atoms with van der Waals surface area (Å²) in [6.45, 7) is 3.77. The molecule has 0 saturated carbocycles. The number of benzene rings is 1. The number of hydrogen-bond donors (Lipinski definition) is 0. The van der Waals surface area contributed by atoms with Crippen LogP contribution in [0.2, 0.25) is 0 Å². The number of methoxy groups -OCH3 is 2. The van der Waals surface area contributed by atoms with Gasteiger partial charge in [-0.3, -0.25) is 9.36 Å². The molecule has 1 aromatic carbocycles. The standard InChI is InChI=1S/C23H22N2O5S2/c1-5-30-22(27)19-13(2)24-23-25(20(19)17-7-6-10-31-17)21(26)18(32-23)11-14-8-9-15(28-3)12-16(14)29-4/h6-12,20H,5H2,1-4H3/t20-/m0/s1. The fourth-order valence-corrected chi connectivity index (χ4v) is 5.45. The summed E-state index contributed by atoms with van der Waals surface area (Å²) in [6.07, 6.45) is 1.77. The number of aromatic nitrogens is 1. The fourth-order valence-electron chi connectivity index (χ4n) is 3.59. The van der Waals surface area contributed by atoms with E-state index in [9.17, 15) is 9.59 Å². The summed E-state index contributed by atoms with van der Waals surface area (Å²) in [4.78, 5) is 32.3. The van der Waals surface area contributed by atoms with Gasteiger partial charge in [0.15, 0.2) is 4.80 Å². The Hall–Kier alpha value is -3.17. The van der Waals surface area contributed by atoms with E-state index in [0.717, 1.165) is 10.4 Å². The first-order valence-corrected chi connectivity index (χ1v) is 11.6. The van der Waals surface area contributed by atoms with Crippen LogP contribution in [0.25, 0.3) is 6.08 Å². The monoisotopic (exact) mass is 470 g/mol. The molecule has 0 bridgehead atoms. The number of esters is 1. The first-order chi connectivity index (χ1) is 15.5. The summed E-state index contributed by atoms with van der Waals surface area (Å²) in [6, 6.07) is 8.64. The zero-order chi connectivity index (χ0) is 22.8. The zero-order valence-corrected chi connectivity index (χ0v) is 19.7. The Morgan fingerprint density at radius 2 is 2.06 bits per heavy atom. The molecule has 0 radical (unpaired) electrons. The molecule has 1 aliphatic rings. The van der Waals surface area contributed by atoms with Gasteiger partial charge in [-0.15, -0.1) is 11.3 Å². The van der Waals surface area contributed by atoms with E-state index < -0.39 is 12.0 Å². The molecule has 0 N–H and O–H groups in total. The molecule has 166 valence electrons. The number of ether oxygens (including phenoxy) is 3. The lowest BCUT2D eigenvalue weighted by Gasteiger charge is -2.23. The summed E-state index contributed by atoms with van der Waals surface area (Å²) >= 11 is 2.76. The molecule has 0 unspecified atom stereocenters. The predicted molar refractivity (Wildman–Crippen MR) is 124 cm³/mol. The van der Waals surface area contributed by atoms with Crippen LogP contribution in [0.4, 0.5) is 0 Å². The fraction of sp³-hybridized carbons (Fsp3) is 0.261. The number of thiophene rings is 1. The molecule has 4 rings (SSSR count). The lowest BCUT2D eigenvalue weighted by molar-refractivity contribution is -0.139. The molecule has 0 spiro atoms. The van der Waals surface area contributed by atoms with Gasteiger partial charge in [0.25, 0.3) is 5.56 Å². The van der Waals surface area contributed by atoms with Gasteiger partial charge in [0, 0.05) is 16.5 Å². The van der Waals surface area contributed by atoms with Gasteiger partial charge in [0.05, 0.1) is 36.6 Å². The van der Waals surface area contributed by atoms with Crippen molar-refractivity contribution in [3.63, 3.8) is 0 Å². The molecule has 7 nitrogen and oxygen atoms in total. The lowest BCUT2D eigenvalue weighted by Crippen LogP contribution is -2.39. The van der Waals surface area contributed by atoms with Crippen molar-refractivity contribution < 1.29 is 19.0 Å². The third-order valence-corrected chi connectivity index (χ3v) is 6.96. The van der Waals surface area contributed by atoms with Gasteiger partial charge in [0.2, 0.25) is 0 Å². The normalized spacial score (nSPS) is 15.9. The second-order valence-electron chi connectivity index (χ2n) is 6.93. The molecule has 2 aromatic heterocycles. The SMILES string of the molecule is CCOC(=O)C1=C(C)N=c2sc(=Cc3ccc(OC)cc3OC)c(=O)n2[C@H]1c1cccs1. The van der Waals surface area contributed by atoms with Crippen molar-refractivity contribution in [2.24, 2.45) is 4.99 Å². The van der Waals surface area contributed by atoms with Crippen LogP contribution in [0, 0.1) is 0 Å². The third kappa shape index (κ3) is 3.89. The minimum absolute atomic E-state index is 0.223. The van der Waals surface area contributed by atoms with Gasteiger partial charge in [-0.05, 0) is 43.5 Å². The van der Waals surface area contributed by atoms with E-state index in [1.54, 1.807) is 44.8 Å². The number of allylic oxidation sites excluding steroid dienone is 1. The largest absolute Gasteiger partial charge is 0.497 e. The number of hydrogen-bond acceptors (Lipinski definition) is 8. The van der Waals surface area contributed by atoms with Crippen molar-refractivity contribution in [2.45, 2.75) is 19.9 Å². The molecule has 1 aliphatic heterocycles. The van der Waals surface area contributed by atoms with Crippen molar-refractivity contribution >= 4 is 34.7 Å². The number of carbonyl (C=O) groups is 1. The molecule has 3 aromatic rings. The van der Waals surface area contributed by atoms with Crippen LogP contribution < -0.4 is 24.4 Å². The van der Waals surface area contributed by atoms with Crippen LogP contribution in [0.5, 0.6) is 11.5 Å². The molecule has 0 fully saturated rings. The van der Waals surface area contributed by atoms with Crippen molar-refractivity contribution in [2.75, 3.05) is 20.8 Å². The summed E-state index contributed by atoms with van der Waals surface area (Å²) in [7, 11) is 3.15. The van der Waals surface area contributed by atoms with Gasteiger partial charge in [-0.1, -0.05) is 17.4 Å². The van der Waals surface area contributed by atoms with Crippen molar-refractivity contribution in [3.8, 4) is 11.5 Å². The Bertz CT molecular complexity index is 1370. The molecular formula is C23H22N2O5S2. The number of nitrogens with zero attached hydrogens (tertiary/aromatic N) is 2. The van der Waals surface area contributed by atoms with Crippen LogP contribution in [-0.2, 0) is 9.53 Å². The van der Waals surface area contributed by atoms with E-state index in [2.05, 4.69) is 4.99 Å². The predicted octanol–water partition coefficient (Wildman–Crippen LogP) is 2.88. The van der Waals surface area contributed by atoms with E-state index in [1.165, 1.54) is 22.7 Å². The Labute approximate surface area is 192 Å². The highest BCUT2D eigenvalue weighted by Crippen LogP contribution is 2.33. The topological polar surface area (TPSA) is 79.1 Å². The molecule has 0 amide bonds. The van der Waals surface area contributed by atoms with Crippen LogP contribution in [0.1, 0.15) is 30.3 Å². The third-order valence-electron chi connectivity index (χ3n) is 5.06. The summed E-state index contributed by atoms with van der Waals surface area (Å²) < 4.78 is 18.1. The Balaban J connectivity index is 1.92. The summed E-state index contributed by atoms with van der Waals surface area (Å²) in [5, 5.41) is 1.92. The van der Waals surface area contributed by atoms with E-state index in [1.807, 2.05) is 29.6 Å². The van der Waals surface area contributed by atoms with E-state index in [4.69, 9.17) is 14.2 Å². The van der Waals surface area contributed by atoms with E-state index in [-0.39, 0.29) is 12.2 Å².